The standard InChI is InChI=1S/C12H15F3N2O.ClH/c1-7(16)11(18)17-8(2)9-3-5-10(6-4-9)12(13,14)15;/h3-8H,16H2,1-2H3,(H,17,18);1H/t7-,8?;/m1./s1. The van der Waals surface area contributed by atoms with Crippen molar-refractivity contribution < 1.29 is 18.0 Å². The zero-order valence-electron chi connectivity index (χ0n) is 10.5. The summed E-state index contributed by atoms with van der Waals surface area (Å²) in [5.74, 6) is -0.345. The van der Waals surface area contributed by atoms with Crippen LogP contribution < -0.4 is 11.1 Å². The van der Waals surface area contributed by atoms with Gasteiger partial charge in [-0.1, -0.05) is 12.1 Å². The van der Waals surface area contributed by atoms with Crippen LogP contribution in [0, 0.1) is 0 Å². The van der Waals surface area contributed by atoms with Gasteiger partial charge in [0.15, 0.2) is 0 Å². The SMILES string of the molecule is CC(NC(=O)[C@@H](C)N)c1ccc(C(F)(F)F)cc1.Cl. The molecule has 0 radical (unpaired) electrons. The van der Waals surface area contributed by atoms with Gasteiger partial charge in [-0.2, -0.15) is 13.2 Å². The minimum absolute atomic E-state index is 0. The number of amides is 1. The van der Waals surface area contributed by atoms with Crippen molar-refractivity contribution in [2.45, 2.75) is 32.1 Å². The van der Waals surface area contributed by atoms with E-state index < -0.39 is 17.8 Å². The van der Waals surface area contributed by atoms with Gasteiger partial charge in [0.05, 0.1) is 17.6 Å². The number of carbonyl (C=O) groups is 1. The number of hydrogen-bond acceptors (Lipinski definition) is 2. The van der Waals surface area contributed by atoms with Crippen LogP contribution in [0.25, 0.3) is 0 Å². The number of rotatable bonds is 3. The van der Waals surface area contributed by atoms with E-state index in [0.717, 1.165) is 12.1 Å². The molecule has 3 N–H and O–H groups in total. The second-order valence-corrected chi connectivity index (χ2v) is 4.14. The van der Waals surface area contributed by atoms with Gasteiger partial charge >= 0.3 is 6.18 Å². The summed E-state index contributed by atoms with van der Waals surface area (Å²) in [6.07, 6.45) is -4.35. The van der Waals surface area contributed by atoms with E-state index in [9.17, 15) is 18.0 Å². The minimum atomic E-state index is -4.35. The monoisotopic (exact) mass is 296 g/mol. The molecular formula is C12H16ClF3N2O. The third-order valence-electron chi connectivity index (χ3n) is 2.51. The van der Waals surface area contributed by atoms with Crippen molar-refractivity contribution in [3.05, 3.63) is 35.4 Å². The van der Waals surface area contributed by atoms with Crippen LogP contribution >= 0.6 is 12.4 Å². The highest BCUT2D eigenvalue weighted by Crippen LogP contribution is 2.29. The van der Waals surface area contributed by atoms with E-state index >= 15 is 0 Å². The Labute approximate surface area is 115 Å². The highest BCUT2D eigenvalue weighted by molar-refractivity contribution is 5.85. The summed E-state index contributed by atoms with van der Waals surface area (Å²) in [6.45, 7) is 3.22. The fourth-order valence-electron chi connectivity index (χ4n) is 1.39. The number of halogens is 4. The number of alkyl halides is 3. The molecule has 0 bridgehead atoms. The molecule has 1 unspecified atom stereocenters. The summed E-state index contributed by atoms with van der Waals surface area (Å²) in [6, 6.07) is 3.63. The van der Waals surface area contributed by atoms with Crippen molar-refractivity contribution in [2.75, 3.05) is 0 Å². The molecule has 1 rings (SSSR count). The van der Waals surface area contributed by atoms with E-state index in [2.05, 4.69) is 5.32 Å². The molecule has 0 aliphatic rings. The Morgan fingerprint density at radius 3 is 2.05 bits per heavy atom. The van der Waals surface area contributed by atoms with Crippen LogP contribution in [0.3, 0.4) is 0 Å². The van der Waals surface area contributed by atoms with Gasteiger partial charge in [-0.3, -0.25) is 4.79 Å². The molecule has 1 aromatic carbocycles. The molecular weight excluding hydrogens is 281 g/mol. The van der Waals surface area contributed by atoms with Gasteiger partial charge in [0.2, 0.25) is 5.91 Å². The average Bonchev–Trinajstić information content (AvgIpc) is 2.27. The zero-order valence-corrected chi connectivity index (χ0v) is 11.3. The number of benzene rings is 1. The van der Waals surface area contributed by atoms with E-state index in [0.29, 0.717) is 5.56 Å². The van der Waals surface area contributed by atoms with E-state index in [1.54, 1.807) is 6.92 Å². The van der Waals surface area contributed by atoms with Crippen LogP contribution in [0.2, 0.25) is 0 Å². The summed E-state index contributed by atoms with van der Waals surface area (Å²) in [5.41, 5.74) is 5.27. The molecule has 0 fully saturated rings. The van der Waals surface area contributed by atoms with Crippen molar-refractivity contribution in [3.63, 3.8) is 0 Å². The quantitative estimate of drug-likeness (QED) is 0.901. The molecule has 0 aliphatic heterocycles. The molecule has 108 valence electrons. The molecule has 0 saturated carbocycles. The molecule has 0 spiro atoms. The molecule has 19 heavy (non-hydrogen) atoms. The Kier molecular flexibility index (Phi) is 6.32. The maximum atomic E-state index is 12.4. The van der Waals surface area contributed by atoms with E-state index in [-0.39, 0.29) is 24.4 Å². The molecule has 1 aromatic rings. The summed E-state index contributed by atoms with van der Waals surface area (Å²) in [4.78, 5) is 11.3. The number of carbonyl (C=O) groups excluding carboxylic acids is 1. The Morgan fingerprint density at radius 1 is 1.21 bits per heavy atom. The lowest BCUT2D eigenvalue weighted by molar-refractivity contribution is -0.137. The predicted molar refractivity (Wildman–Crippen MR) is 68.9 cm³/mol. The minimum Gasteiger partial charge on any atom is -0.348 e. The van der Waals surface area contributed by atoms with Crippen LogP contribution in [0.5, 0.6) is 0 Å². The lowest BCUT2D eigenvalue weighted by Crippen LogP contribution is -2.39. The predicted octanol–water partition coefficient (Wildman–Crippen LogP) is 2.65. The molecule has 0 aromatic heterocycles. The van der Waals surface area contributed by atoms with Crippen molar-refractivity contribution in [1.82, 2.24) is 5.32 Å². The van der Waals surface area contributed by atoms with Gasteiger partial charge in [-0.05, 0) is 31.5 Å². The number of nitrogens with one attached hydrogen (secondary N) is 1. The average molecular weight is 297 g/mol. The Balaban J connectivity index is 0.00000324. The second kappa shape index (κ2) is 6.77. The second-order valence-electron chi connectivity index (χ2n) is 4.14. The molecule has 1 amide bonds. The van der Waals surface area contributed by atoms with Gasteiger partial charge in [0, 0.05) is 0 Å². The lowest BCUT2D eigenvalue weighted by Gasteiger charge is -2.16. The van der Waals surface area contributed by atoms with Gasteiger partial charge in [-0.25, -0.2) is 0 Å². The van der Waals surface area contributed by atoms with Crippen molar-refractivity contribution in [1.29, 1.82) is 0 Å². The maximum absolute atomic E-state index is 12.4. The normalized spacial score (nSPS) is 14.2. The van der Waals surface area contributed by atoms with Gasteiger partial charge in [0.25, 0.3) is 0 Å². The molecule has 2 atom stereocenters. The summed E-state index contributed by atoms with van der Waals surface area (Å²) in [5, 5.41) is 2.61. The topological polar surface area (TPSA) is 55.1 Å². The first kappa shape index (κ1) is 17.7. The van der Waals surface area contributed by atoms with E-state index in [1.807, 2.05) is 0 Å². The first-order valence-electron chi connectivity index (χ1n) is 5.45. The first-order valence-corrected chi connectivity index (χ1v) is 5.45. The fourth-order valence-corrected chi connectivity index (χ4v) is 1.39. The van der Waals surface area contributed by atoms with E-state index in [4.69, 9.17) is 5.73 Å². The highest BCUT2D eigenvalue weighted by Gasteiger charge is 2.30. The third kappa shape index (κ3) is 5.08. The van der Waals surface area contributed by atoms with Crippen molar-refractivity contribution >= 4 is 18.3 Å². The Hall–Kier alpha value is -1.27. The van der Waals surface area contributed by atoms with Crippen molar-refractivity contribution in [3.8, 4) is 0 Å². The highest BCUT2D eigenvalue weighted by atomic mass is 35.5. The number of nitrogens with two attached hydrogens (primary N) is 1. The van der Waals surface area contributed by atoms with Crippen LogP contribution in [-0.4, -0.2) is 11.9 Å². The summed E-state index contributed by atoms with van der Waals surface area (Å²) < 4.78 is 37.1. The maximum Gasteiger partial charge on any atom is 0.416 e. The lowest BCUT2D eigenvalue weighted by atomic mass is 10.1. The van der Waals surface area contributed by atoms with Crippen molar-refractivity contribution in [2.24, 2.45) is 5.73 Å². The summed E-state index contributed by atoms with van der Waals surface area (Å²) in [7, 11) is 0. The smallest absolute Gasteiger partial charge is 0.348 e. The van der Waals surface area contributed by atoms with Gasteiger partial charge in [-0.15, -0.1) is 12.4 Å². The van der Waals surface area contributed by atoms with E-state index in [1.165, 1.54) is 19.1 Å². The van der Waals surface area contributed by atoms with Gasteiger partial charge < -0.3 is 11.1 Å². The molecule has 3 nitrogen and oxygen atoms in total. The summed E-state index contributed by atoms with van der Waals surface area (Å²) >= 11 is 0. The third-order valence-corrected chi connectivity index (χ3v) is 2.51. The van der Waals surface area contributed by atoms with Crippen LogP contribution in [0.4, 0.5) is 13.2 Å². The largest absolute Gasteiger partial charge is 0.416 e. The Morgan fingerprint density at radius 2 is 1.68 bits per heavy atom. The van der Waals surface area contributed by atoms with Crippen LogP contribution in [0.15, 0.2) is 24.3 Å². The molecule has 0 aliphatic carbocycles. The number of hydrogen-bond donors (Lipinski definition) is 2. The van der Waals surface area contributed by atoms with Crippen LogP contribution in [0.1, 0.15) is 31.0 Å². The van der Waals surface area contributed by atoms with Gasteiger partial charge in [0.1, 0.15) is 0 Å². The molecule has 0 heterocycles. The molecule has 0 saturated heterocycles. The first-order chi connectivity index (χ1) is 8.21. The fraction of sp³-hybridized carbons (Fsp3) is 0.417. The Bertz CT molecular complexity index is 418. The zero-order chi connectivity index (χ0) is 13.9. The van der Waals surface area contributed by atoms with Crippen LogP contribution in [-0.2, 0) is 11.0 Å². The molecule has 7 heteroatoms.